The molecule has 140 valence electrons. The summed E-state index contributed by atoms with van der Waals surface area (Å²) in [5.74, 6) is 1.79. The van der Waals surface area contributed by atoms with Crippen LogP contribution in [0.2, 0.25) is 0 Å². The fraction of sp³-hybridized carbons (Fsp3) is 0.611. The summed E-state index contributed by atoms with van der Waals surface area (Å²) in [7, 11) is 1.42. The van der Waals surface area contributed by atoms with Gasteiger partial charge in [-0.25, -0.2) is 14.8 Å². The molecule has 2 aromatic rings. The lowest BCUT2D eigenvalue weighted by Crippen LogP contribution is -2.57. The Kier molecular flexibility index (Phi) is 4.71. The van der Waals surface area contributed by atoms with E-state index in [1.165, 1.54) is 30.4 Å². The topological polar surface area (TPSA) is 70.6 Å². The highest BCUT2D eigenvalue weighted by molar-refractivity contribution is 7.18. The molecule has 2 saturated heterocycles. The van der Waals surface area contributed by atoms with Gasteiger partial charge in [0.05, 0.1) is 25.1 Å². The van der Waals surface area contributed by atoms with Gasteiger partial charge in [0.25, 0.3) is 0 Å². The van der Waals surface area contributed by atoms with Gasteiger partial charge in [0.1, 0.15) is 16.5 Å². The highest BCUT2D eigenvalue weighted by Gasteiger charge is 2.32. The SMILES string of the molecule is COC(=O)N1CC(Nc2nc(CN3CCCC3)nc3sc(C)c(C)c23)C1. The number of hydrogen-bond acceptors (Lipinski definition) is 7. The molecule has 4 rings (SSSR count). The van der Waals surface area contributed by atoms with Crippen LogP contribution in [0.5, 0.6) is 0 Å². The van der Waals surface area contributed by atoms with Gasteiger partial charge >= 0.3 is 6.09 Å². The fourth-order valence-electron chi connectivity index (χ4n) is 3.65. The molecule has 0 unspecified atom stereocenters. The van der Waals surface area contributed by atoms with Crippen molar-refractivity contribution < 1.29 is 9.53 Å². The largest absolute Gasteiger partial charge is 0.453 e. The number of anilines is 1. The first kappa shape index (κ1) is 17.5. The second-order valence-corrected chi connectivity index (χ2v) is 8.35. The number of carbonyl (C=O) groups is 1. The number of amides is 1. The zero-order valence-corrected chi connectivity index (χ0v) is 16.4. The molecule has 26 heavy (non-hydrogen) atoms. The van der Waals surface area contributed by atoms with Crippen molar-refractivity contribution in [2.24, 2.45) is 0 Å². The number of carbonyl (C=O) groups excluding carboxylic acids is 1. The number of rotatable bonds is 4. The highest BCUT2D eigenvalue weighted by Crippen LogP contribution is 2.34. The van der Waals surface area contributed by atoms with Gasteiger partial charge < -0.3 is 15.0 Å². The first-order valence-corrected chi connectivity index (χ1v) is 9.95. The van der Waals surface area contributed by atoms with E-state index in [0.717, 1.165) is 41.5 Å². The Labute approximate surface area is 157 Å². The van der Waals surface area contributed by atoms with Crippen LogP contribution < -0.4 is 5.32 Å². The quantitative estimate of drug-likeness (QED) is 0.886. The number of nitrogens with one attached hydrogen (secondary N) is 1. The van der Waals surface area contributed by atoms with Crippen LogP contribution in [0.4, 0.5) is 10.6 Å². The molecule has 2 fully saturated rings. The Balaban J connectivity index is 1.58. The third kappa shape index (κ3) is 3.23. The number of aromatic nitrogens is 2. The van der Waals surface area contributed by atoms with Crippen LogP contribution in [0.3, 0.4) is 0 Å². The van der Waals surface area contributed by atoms with Crippen LogP contribution in [-0.4, -0.2) is 65.2 Å². The molecule has 0 spiro atoms. The number of fused-ring (bicyclic) bond motifs is 1. The van der Waals surface area contributed by atoms with E-state index >= 15 is 0 Å². The van der Waals surface area contributed by atoms with Crippen molar-refractivity contribution in [3.63, 3.8) is 0 Å². The van der Waals surface area contributed by atoms with E-state index in [9.17, 15) is 4.79 Å². The van der Waals surface area contributed by atoms with Crippen molar-refractivity contribution in [3.8, 4) is 0 Å². The Morgan fingerprint density at radius 2 is 2.00 bits per heavy atom. The van der Waals surface area contributed by atoms with Gasteiger partial charge in [0.2, 0.25) is 0 Å². The van der Waals surface area contributed by atoms with Gasteiger partial charge in [0, 0.05) is 18.0 Å². The van der Waals surface area contributed by atoms with Gasteiger partial charge in [-0.05, 0) is 45.3 Å². The standard InChI is InChI=1S/C18H25N5O2S/c1-11-12(2)26-17-15(11)16(19-13-8-23(9-13)18(24)25-3)20-14(21-17)10-22-6-4-5-7-22/h13H,4-10H2,1-3H3,(H,19,20,21). The molecule has 0 aromatic carbocycles. The van der Waals surface area contributed by atoms with Gasteiger partial charge in [-0.3, -0.25) is 4.90 Å². The Morgan fingerprint density at radius 3 is 2.69 bits per heavy atom. The molecule has 7 nitrogen and oxygen atoms in total. The minimum atomic E-state index is -0.270. The van der Waals surface area contributed by atoms with E-state index in [0.29, 0.717) is 13.1 Å². The average Bonchev–Trinajstić information content (AvgIpc) is 3.18. The van der Waals surface area contributed by atoms with Crippen LogP contribution in [0, 0.1) is 13.8 Å². The van der Waals surface area contributed by atoms with Gasteiger partial charge in [0.15, 0.2) is 0 Å². The first-order chi connectivity index (χ1) is 12.5. The summed E-state index contributed by atoms with van der Waals surface area (Å²) in [6.07, 6.45) is 2.25. The molecular weight excluding hydrogens is 350 g/mol. The van der Waals surface area contributed by atoms with Crippen LogP contribution in [-0.2, 0) is 11.3 Å². The average molecular weight is 375 g/mol. The van der Waals surface area contributed by atoms with Gasteiger partial charge in [-0.15, -0.1) is 11.3 Å². The number of aryl methyl sites for hydroxylation is 2. The number of nitrogens with zero attached hydrogens (tertiary/aromatic N) is 4. The zero-order valence-electron chi connectivity index (χ0n) is 15.5. The summed E-state index contributed by atoms with van der Waals surface area (Å²) in [6.45, 7) is 8.61. The molecule has 0 saturated carbocycles. The molecular formula is C18H25N5O2S. The van der Waals surface area contributed by atoms with Crippen LogP contribution in [0.25, 0.3) is 10.2 Å². The summed E-state index contributed by atoms with van der Waals surface area (Å²) < 4.78 is 4.77. The molecule has 0 aliphatic carbocycles. The summed E-state index contributed by atoms with van der Waals surface area (Å²) >= 11 is 1.73. The van der Waals surface area contributed by atoms with Gasteiger partial charge in [-0.2, -0.15) is 0 Å². The number of likely N-dealkylation sites (tertiary alicyclic amines) is 2. The van der Waals surface area contributed by atoms with E-state index in [1.54, 1.807) is 16.2 Å². The monoisotopic (exact) mass is 375 g/mol. The van der Waals surface area contributed by atoms with Crippen molar-refractivity contribution in [2.75, 3.05) is 38.6 Å². The van der Waals surface area contributed by atoms with Crippen molar-refractivity contribution in [1.29, 1.82) is 0 Å². The number of thiophene rings is 1. The van der Waals surface area contributed by atoms with Crippen LogP contribution in [0.15, 0.2) is 0 Å². The second-order valence-electron chi connectivity index (χ2n) is 7.15. The number of hydrogen-bond donors (Lipinski definition) is 1. The zero-order chi connectivity index (χ0) is 18.3. The van der Waals surface area contributed by atoms with Crippen molar-refractivity contribution >= 4 is 33.5 Å². The summed E-state index contributed by atoms with van der Waals surface area (Å²) in [5, 5.41) is 4.66. The number of methoxy groups -OCH3 is 1. The molecule has 0 bridgehead atoms. The Bertz CT molecular complexity index is 825. The van der Waals surface area contributed by atoms with Crippen molar-refractivity contribution in [3.05, 3.63) is 16.3 Å². The lowest BCUT2D eigenvalue weighted by Gasteiger charge is -2.38. The molecule has 1 amide bonds. The lowest BCUT2D eigenvalue weighted by molar-refractivity contribution is 0.0929. The van der Waals surface area contributed by atoms with E-state index in [-0.39, 0.29) is 12.1 Å². The third-order valence-corrected chi connectivity index (χ3v) is 6.40. The van der Waals surface area contributed by atoms with E-state index in [2.05, 4.69) is 24.1 Å². The molecule has 2 aliphatic heterocycles. The number of ether oxygens (including phenoxy) is 1. The molecule has 4 heterocycles. The van der Waals surface area contributed by atoms with Crippen molar-refractivity contribution in [1.82, 2.24) is 19.8 Å². The van der Waals surface area contributed by atoms with E-state index < -0.39 is 0 Å². The van der Waals surface area contributed by atoms with E-state index in [4.69, 9.17) is 14.7 Å². The summed E-state index contributed by atoms with van der Waals surface area (Å²) in [5.41, 5.74) is 1.24. The maximum atomic E-state index is 11.6. The van der Waals surface area contributed by atoms with E-state index in [1.807, 2.05) is 0 Å². The second kappa shape index (κ2) is 7.00. The molecule has 8 heteroatoms. The lowest BCUT2D eigenvalue weighted by atomic mass is 10.1. The third-order valence-electron chi connectivity index (χ3n) is 5.29. The predicted octanol–water partition coefficient (Wildman–Crippen LogP) is 2.77. The van der Waals surface area contributed by atoms with Crippen LogP contribution >= 0.6 is 11.3 Å². The fourth-order valence-corrected chi connectivity index (χ4v) is 4.70. The molecule has 0 radical (unpaired) electrons. The minimum absolute atomic E-state index is 0.200. The summed E-state index contributed by atoms with van der Waals surface area (Å²) in [6, 6.07) is 0.200. The maximum Gasteiger partial charge on any atom is 0.409 e. The Morgan fingerprint density at radius 1 is 1.27 bits per heavy atom. The van der Waals surface area contributed by atoms with Gasteiger partial charge in [-0.1, -0.05) is 0 Å². The Hall–Kier alpha value is -1.93. The smallest absolute Gasteiger partial charge is 0.409 e. The predicted molar refractivity (Wildman–Crippen MR) is 103 cm³/mol. The summed E-state index contributed by atoms with van der Waals surface area (Å²) in [4.78, 5) is 27.7. The molecule has 2 aliphatic rings. The normalized spacial score (nSPS) is 18.3. The minimum Gasteiger partial charge on any atom is -0.453 e. The first-order valence-electron chi connectivity index (χ1n) is 9.13. The maximum absolute atomic E-state index is 11.6. The molecule has 0 atom stereocenters. The van der Waals surface area contributed by atoms with Crippen LogP contribution in [0.1, 0.15) is 29.1 Å². The molecule has 1 N–H and O–H groups in total. The molecule has 2 aromatic heterocycles. The van der Waals surface area contributed by atoms with Crippen molar-refractivity contribution in [2.45, 2.75) is 39.3 Å². The highest BCUT2D eigenvalue weighted by atomic mass is 32.1.